The summed E-state index contributed by atoms with van der Waals surface area (Å²) < 4.78 is 10.4. The Labute approximate surface area is 109 Å². The number of β-amino-alcohol motifs (C(OH)–C–C–N with tert-alkyl or cyclic N) is 1. The van der Waals surface area contributed by atoms with Gasteiger partial charge in [0.2, 0.25) is 5.91 Å². The van der Waals surface area contributed by atoms with Crippen molar-refractivity contribution in [2.75, 3.05) is 33.5 Å². The van der Waals surface area contributed by atoms with E-state index in [0.29, 0.717) is 26.2 Å². The smallest absolute Gasteiger partial charge is 0.248 e. The van der Waals surface area contributed by atoms with Crippen LogP contribution in [0.4, 0.5) is 0 Å². The van der Waals surface area contributed by atoms with E-state index in [1.165, 1.54) is 0 Å². The number of aliphatic hydroxyl groups excluding tert-OH is 1. The Balaban J connectivity index is 2.26. The number of aliphatic hydroxyl groups is 1. The second-order valence-corrected chi connectivity index (χ2v) is 4.80. The lowest BCUT2D eigenvalue weighted by molar-refractivity contribution is -0.138. The molecule has 0 radical (unpaired) electrons. The molecule has 0 aromatic rings. The molecule has 1 aliphatic heterocycles. The third-order valence-corrected chi connectivity index (χ3v) is 3.19. The second-order valence-electron chi connectivity index (χ2n) is 4.80. The highest BCUT2D eigenvalue weighted by Crippen LogP contribution is 2.18. The van der Waals surface area contributed by atoms with Gasteiger partial charge in [0.05, 0.1) is 18.8 Å². The number of nitrogens with zero attached hydrogens (tertiary/aromatic N) is 1. The van der Waals surface area contributed by atoms with Crippen molar-refractivity contribution in [1.82, 2.24) is 4.90 Å². The number of hydrogen-bond acceptors (Lipinski definition) is 4. The summed E-state index contributed by atoms with van der Waals surface area (Å²) in [5.41, 5.74) is 0. The number of methoxy groups -OCH3 is 1. The van der Waals surface area contributed by atoms with Gasteiger partial charge in [0, 0.05) is 20.3 Å². The van der Waals surface area contributed by atoms with E-state index in [2.05, 4.69) is 6.92 Å². The van der Waals surface area contributed by atoms with Crippen LogP contribution in [0.1, 0.15) is 32.6 Å². The average molecular weight is 259 g/mol. The van der Waals surface area contributed by atoms with E-state index in [4.69, 9.17) is 9.47 Å². The number of unbranched alkanes of at least 4 members (excludes halogenated alkanes) is 2. The van der Waals surface area contributed by atoms with Gasteiger partial charge in [-0.1, -0.05) is 19.8 Å². The van der Waals surface area contributed by atoms with E-state index >= 15 is 0 Å². The number of carbonyl (C=O) groups excluding carboxylic acids is 1. The van der Waals surface area contributed by atoms with Gasteiger partial charge in [0.25, 0.3) is 0 Å². The molecule has 5 heteroatoms. The number of carbonyl (C=O) groups is 1. The molecule has 2 atom stereocenters. The van der Waals surface area contributed by atoms with E-state index in [9.17, 15) is 9.90 Å². The molecule has 1 saturated heterocycles. The van der Waals surface area contributed by atoms with Gasteiger partial charge in [-0.05, 0) is 12.8 Å². The summed E-state index contributed by atoms with van der Waals surface area (Å²) in [7, 11) is 1.61. The van der Waals surface area contributed by atoms with E-state index < -0.39 is 6.10 Å². The molecular formula is C13H25NO4. The van der Waals surface area contributed by atoms with E-state index in [0.717, 1.165) is 19.3 Å². The number of hydrogen-bond donors (Lipinski definition) is 1. The molecule has 1 aliphatic rings. The molecule has 1 fully saturated rings. The number of ether oxygens (including phenoxy) is 2. The Hall–Kier alpha value is -0.650. The molecule has 0 aromatic carbocycles. The normalized spacial score (nSPS) is 23.6. The zero-order valence-electron chi connectivity index (χ0n) is 11.4. The summed E-state index contributed by atoms with van der Waals surface area (Å²) in [5, 5.41) is 9.60. The summed E-state index contributed by atoms with van der Waals surface area (Å²) in [6.07, 6.45) is 3.42. The zero-order chi connectivity index (χ0) is 13.4. The fraction of sp³-hybridized carbons (Fsp3) is 0.923. The minimum atomic E-state index is -0.436. The quantitative estimate of drug-likeness (QED) is 0.655. The first-order valence-electron chi connectivity index (χ1n) is 6.73. The Morgan fingerprint density at radius 1 is 1.44 bits per heavy atom. The summed E-state index contributed by atoms with van der Waals surface area (Å²) in [5.74, 6) is -0.0508. The van der Waals surface area contributed by atoms with Crippen LogP contribution in [0.2, 0.25) is 0 Å². The monoisotopic (exact) mass is 259 g/mol. The molecule has 0 saturated carbocycles. The molecule has 1 heterocycles. The lowest BCUT2D eigenvalue weighted by Gasteiger charge is -2.23. The van der Waals surface area contributed by atoms with Crippen LogP contribution in [0.25, 0.3) is 0 Å². The first-order valence-corrected chi connectivity index (χ1v) is 6.73. The molecule has 1 amide bonds. The maximum atomic E-state index is 11.9. The van der Waals surface area contributed by atoms with Crippen LogP contribution < -0.4 is 0 Å². The maximum absolute atomic E-state index is 11.9. The second kappa shape index (κ2) is 8.45. The highest BCUT2D eigenvalue weighted by molar-refractivity contribution is 5.78. The molecular weight excluding hydrogens is 234 g/mol. The van der Waals surface area contributed by atoms with Crippen LogP contribution >= 0.6 is 0 Å². The van der Waals surface area contributed by atoms with Crippen LogP contribution in [0, 0.1) is 0 Å². The summed E-state index contributed by atoms with van der Waals surface area (Å²) in [6, 6.07) is -0.0169. The number of likely N-dealkylation sites (tertiary alicyclic amines) is 1. The molecule has 0 spiro atoms. The lowest BCUT2D eigenvalue weighted by atomic mass is 10.2. The van der Waals surface area contributed by atoms with Crippen LogP contribution in [0.15, 0.2) is 0 Å². The molecule has 0 aliphatic carbocycles. The minimum absolute atomic E-state index is 0.0169. The molecule has 5 nitrogen and oxygen atoms in total. The molecule has 0 unspecified atom stereocenters. The van der Waals surface area contributed by atoms with Gasteiger partial charge >= 0.3 is 0 Å². The molecule has 0 aromatic heterocycles. The van der Waals surface area contributed by atoms with Crippen molar-refractivity contribution < 1.29 is 19.4 Å². The standard InChI is InChI=1S/C13H25NO4/c1-3-4-5-6-18-10-13(16)14-8-12(15)7-11(14)9-17-2/h11-12,15H,3-10H2,1-2H3/t11-,12+/m0/s1. The lowest BCUT2D eigenvalue weighted by Crippen LogP contribution is -2.40. The van der Waals surface area contributed by atoms with Crippen molar-refractivity contribution in [2.24, 2.45) is 0 Å². The Kier molecular flexibility index (Phi) is 7.23. The summed E-state index contributed by atoms with van der Waals surface area (Å²) in [4.78, 5) is 13.6. The van der Waals surface area contributed by atoms with Gasteiger partial charge in [0.15, 0.2) is 0 Å². The molecule has 1 N–H and O–H groups in total. The van der Waals surface area contributed by atoms with Gasteiger partial charge in [0.1, 0.15) is 6.61 Å². The van der Waals surface area contributed by atoms with E-state index in [1.807, 2.05) is 0 Å². The van der Waals surface area contributed by atoms with Crippen LogP contribution in [0.5, 0.6) is 0 Å². The Morgan fingerprint density at radius 2 is 2.22 bits per heavy atom. The van der Waals surface area contributed by atoms with Crippen molar-refractivity contribution in [2.45, 2.75) is 44.8 Å². The van der Waals surface area contributed by atoms with Crippen molar-refractivity contribution in [3.63, 3.8) is 0 Å². The van der Waals surface area contributed by atoms with E-state index in [1.54, 1.807) is 12.0 Å². The largest absolute Gasteiger partial charge is 0.391 e. The van der Waals surface area contributed by atoms with Crippen molar-refractivity contribution in [3.8, 4) is 0 Å². The molecule has 106 valence electrons. The highest BCUT2D eigenvalue weighted by atomic mass is 16.5. The van der Waals surface area contributed by atoms with Crippen LogP contribution in [-0.4, -0.2) is 61.5 Å². The molecule has 0 bridgehead atoms. The summed E-state index contributed by atoms with van der Waals surface area (Å²) >= 11 is 0. The molecule has 1 rings (SSSR count). The Morgan fingerprint density at radius 3 is 2.89 bits per heavy atom. The summed E-state index contributed by atoms with van der Waals surface area (Å²) in [6.45, 7) is 3.73. The first-order chi connectivity index (χ1) is 8.69. The van der Waals surface area contributed by atoms with Gasteiger partial charge in [-0.15, -0.1) is 0 Å². The van der Waals surface area contributed by atoms with Crippen LogP contribution in [0.3, 0.4) is 0 Å². The van der Waals surface area contributed by atoms with Crippen molar-refractivity contribution in [1.29, 1.82) is 0 Å². The van der Waals surface area contributed by atoms with E-state index in [-0.39, 0.29) is 18.6 Å². The first kappa shape index (κ1) is 15.4. The van der Waals surface area contributed by atoms with Crippen molar-refractivity contribution >= 4 is 5.91 Å². The SMILES string of the molecule is CCCCCOCC(=O)N1C[C@H](O)C[C@H]1COC. The topological polar surface area (TPSA) is 59.0 Å². The van der Waals surface area contributed by atoms with Gasteiger partial charge < -0.3 is 19.5 Å². The van der Waals surface area contributed by atoms with Gasteiger partial charge in [-0.2, -0.15) is 0 Å². The maximum Gasteiger partial charge on any atom is 0.248 e. The third kappa shape index (κ3) is 4.92. The third-order valence-electron chi connectivity index (χ3n) is 3.19. The predicted molar refractivity (Wildman–Crippen MR) is 68.3 cm³/mol. The fourth-order valence-corrected chi connectivity index (χ4v) is 2.24. The molecule has 18 heavy (non-hydrogen) atoms. The zero-order valence-corrected chi connectivity index (χ0v) is 11.4. The Bertz CT molecular complexity index is 247. The predicted octanol–water partition coefficient (Wildman–Crippen LogP) is 0.801. The van der Waals surface area contributed by atoms with Crippen LogP contribution in [-0.2, 0) is 14.3 Å². The van der Waals surface area contributed by atoms with Gasteiger partial charge in [-0.3, -0.25) is 4.79 Å². The highest BCUT2D eigenvalue weighted by Gasteiger charge is 2.33. The average Bonchev–Trinajstić information content (AvgIpc) is 2.70. The van der Waals surface area contributed by atoms with Crippen molar-refractivity contribution in [3.05, 3.63) is 0 Å². The minimum Gasteiger partial charge on any atom is -0.391 e. The fourth-order valence-electron chi connectivity index (χ4n) is 2.24. The number of amides is 1. The number of rotatable bonds is 8. The van der Waals surface area contributed by atoms with Gasteiger partial charge in [-0.25, -0.2) is 0 Å².